The van der Waals surface area contributed by atoms with Crippen LogP contribution < -0.4 is 10.1 Å². The van der Waals surface area contributed by atoms with Gasteiger partial charge in [-0.2, -0.15) is 0 Å². The van der Waals surface area contributed by atoms with E-state index in [1.54, 1.807) is 0 Å². The van der Waals surface area contributed by atoms with Gasteiger partial charge in [-0.05, 0) is 54.9 Å². The fourth-order valence-electron chi connectivity index (χ4n) is 1.77. The zero-order chi connectivity index (χ0) is 14.4. The smallest absolute Gasteiger partial charge is 0.128 e. The number of nitrogens with one attached hydrogen (secondary N) is 1. The predicted octanol–water partition coefficient (Wildman–Crippen LogP) is 5.50. The van der Waals surface area contributed by atoms with Crippen molar-refractivity contribution >= 4 is 31.9 Å². The number of halogens is 2. The lowest BCUT2D eigenvalue weighted by Crippen LogP contribution is -2.14. The molecule has 106 valence electrons. The third-order valence-corrected chi connectivity index (χ3v) is 4.08. The molecular weight excluding hydrogens is 382 g/mol. The summed E-state index contributed by atoms with van der Waals surface area (Å²) >= 11 is 7.01. The molecule has 0 spiro atoms. The van der Waals surface area contributed by atoms with E-state index in [9.17, 15) is 0 Å². The Bertz CT molecular complexity index is 555. The van der Waals surface area contributed by atoms with E-state index in [4.69, 9.17) is 4.74 Å². The van der Waals surface area contributed by atoms with Gasteiger partial charge in [-0.15, -0.1) is 0 Å². The van der Waals surface area contributed by atoms with E-state index >= 15 is 0 Å². The summed E-state index contributed by atoms with van der Waals surface area (Å²) in [6.45, 7) is 4.06. The number of benzene rings is 2. The minimum atomic E-state index is 0.831. The topological polar surface area (TPSA) is 21.3 Å². The molecule has 0 atom stereocenters. The SMILES string of the molecule is CCCNCc1ccc(Oc2ccc(Br)cc2)cc1Br. The second-order valence-corrected chi connectivity index (χ2v) is 6.26. The predicted molar refractivity (Wildman–Crippen MR) is 90.4 cm³/mol. The molecule has 2 aromatic carbocycles. The molecule has 0 aliphatic rings. The molecule has 2 nitrogen and oxygen atoms in total. The van der Waals surface area contributed by atoms with Crippen LogP contribution in [0.1, 0.15) is 18.9 Å². The van der Waals surface area contributed by atoms with Crippen LogP contribution in [-0.2, 0) is 6.54 Å². The summed E-state index contributed by atoms with van der Waals surface area (Å²) < 4.78 is 7.93. The van der Waals surface area contributed by atoms with Crippen LogP contribution in [0.3, 0.4) is 0 Å². The Morgan fingerprint density at radius 2 is 1.70 bits per heavy atom. The second kappa shape index (κ2) is 7.81. The maximum absolute atomic E-state index is 5.82. The average Bonchev–Trinajstić information content (AvgIpc) is 2.44. The van der Waals surface area contributed by atoms with E-state index < -0.39 is 0 Å². The molecule has 0 aliphatic heterocycles. The van der Waals surface area contributed by atoms with Crippen molar-refractivity contribution in [1.82, 2.24) is 5.32 Å². The molecule has 0 bridgehead atoms. The highest BCUT2D eigenvalue weighted by atomic mass is 79.9. The molecule has 0 aromatic heterocycles. The Labute approximate surface area is 136 Å². The molecule has 4 heteroatoms. The first kappa shape index (κ1) is 15.5. The number of hydrogen-bond donors (Lipinski definition) is 1. The van der Waals surface area contributed by atoms with Gasteiger partial charge in [-0.3, -0.25) is 0 Å². The van der Waals surface area contributed by atoms with E-state index in [1.807, 2.05) is 36.4 Å². The molecule has 0 radical (unpaired) electrons. The Kier molecular flexibility index (Phi) is 6.07. The summed E-state index contributed by atoms with van der Waals surface area (Å²) in [5.74, 6) is 1.66. The van der Waals surface area contributed by atoms with Crippen LogP contribution in [-0.4, -0.2) is 6.54 Å². The fourth-order valence-corrected chi connectivity index (χ4v) is 2.54. The molecule has 0 amide bonds. The molecule has 0 heterocycles. The maximum Gasteiger partial charge on any atom is 0.128 e. The first-order chi connectivity index (χ1) is 9.69. The zero-order valence-corrected chi connectivity index (χ0v) is 14.5. The van der Waals surface area contributed by atoms with Crippen molar-refractivity contribution in [2.75, 3.05) is 6.54 Å². The summed E-state index contributed by atoms with van der Waals surface area (Å²) in [7, 11) is 0. The lowest BCUT2D eigenvalue weighted by Gasteiger charge is -2.10. The summed E-state index contributed by atoms with van der Waals surface area (Å²) in [5, 5.41) is 3.39. The minimum Gasteiger partial charge on any atom is -0.457 e. The van der Waals surface area contributed by atoms with Gasteiger partial charge in [0.2, 0.25) is 0 Å². The number of hydrogen-bond acceptors (Lipinski definition) is 2. The van der Waals surface area contributed by atoms with Crippen molar-refractivity contribution in [3.05, 3.63) is 57.0 Å². The van der Waals surface area contributed by atoms with Crippen LogP contribution in [0.4, 0.5) is 0 Å². The standard InChI is InChI=1S/C16H17Br2NO/c1-2-9-19-11-12-3-6-15(10-16(12)18)20-14-7-4-13(17)5-8-14/h3-8,10,19H,2,9,11H2,1H3. The molecule has 2 rings (SSSR count). The Balaban J connectivity index is 2.03. The maximum atomic E-state index is 5.82. The van der Waals surface area contributed by atoms with Gasteiger partial charge >= 0.3 is 0 Å². The van der Waals surface area contributed by atoms with Crippen molar-refractivity contribution in [2.45, 2.75) is 19.9 Å². The van der Waals surface area contributed by atoms with Crippen molar-refractivity contribution < 1.29 is 4.74 Å². The summed E-state index contributed by atoms with van der Waals surface area (Å²) in [5.41, 5.74) is 1.24. The Hall–Kier alpha value is -0.840. The quantitative estimate of drug-likeness (QED) is 0.648. The van der Waals surface area contributed by atoms with Crippen molar-refractivity contribution in [3.8, 4) is 11.5 Å². The molecule has 0 saturated heterocycles. The molecule has 0 fully saturated rings. The average molecular weight is 399 g/mol. The zero-order valence-electron chi connectivity index (χ0n) is 11.3. The highest BCUT2D eigenvalue weighted by molar-refractivity contribution is 9.10. The molecule has 0 saturated carbocycles. The third kappa shape index (κ3) is 4.62. The lowest BCUT2D eigenvalue weighted by molar-refractivity contribution is 0.482. The summed E-state index contributed by atoms with van der Waals surface area (Å²) in [4.78, 5) is 0. The highest BCUT2D eigenvalue weighted by Gasteiger charge is 2.03. The molecule has 1 N–H and O–H groups in total. The van der Waals surface area contributed by atoms with Gasteiger partial charge in [0.15, 0.2) is 0 Å². The molecule has 0 unspecified atom stereocenters. The second-order valence-electron chi connectivity index (χ2n) is 4.49. The highest BCUT2D eigenvalue weighted by Crippen LogP contribution is 2.27. The van der Waals surface area contributed by atoms with Crippen molar-refractivity contribution in [3.63, 3.8) is 0 Å². The molecule has 20 heavy (non-hydrogen) atoms. The first-order valence-electron chi connectivity index (χ1n) is 6.61. The van der Waals surface area contributed by atoms with Crippen LogP contribution in [0.15, 0.2) is 51.4 Å². The van der Waals surface area contributed by atoms with Gasteiger partial charge in [0.1, 0.15) is 11.5 Å². The van der Waals surface area contributed by atoms with E-state index in [0.29, 0.717) is 0 Å². The van der Waals surface area contributed by atoms with E-state index in [1.165, 1.54) is 5.56 Å². The minimum absolute atomic E-state index is 0.831. The third-order valence-electron chi connectivity index (χ3n) is 2.82. The van der Waals surface area contributed by atoms with Gasteiger partial charge in [-0.25, -0.2) is 0 Å². The van der Waals surface area contributed by atoms with E-state index in [2.05, 4.69) is 50.2 Å². The van der Waals surface area contributed by atoms with Crippen LogP contribution in [0.25, 0.3) is 0 Å². The van der Waals surface area contributed by atoms with Gasteiger partial charge in [0, 0.05) is 15.5 Å². The van der Waals surface area contributed by atoms with E-state index in [-0.39, 0.29) is 0 Å². The fraction of sp³-hybridized carbons (Fsp3) is 0.250. The van der Waals surface area contributed by atoms with Crippen LogP contribution in [0, 0.1) is 0 Å². The Morgan fingerprint density at radius 1 is 1.00 bits per heavy atom. The Morgan fingerprint density at radius 3 is 2.35 bits per heavy atom. The molecule has 0 aliphatic carbocycles. The largest absolute Gasteiger partial charge is 0.457 e. The normalized spacial score (nSPS) is 10.6. The van der Waals surface area contributed by atoms with Crippen LogP contribution in [0.2, 0.25) is 0 Å². The number of rotatable bonds is 6. The summed E-state index contributed by atoms with van der Waals surface area (Å²) in [6.07, 6.45) is 1.14. The van der Waals surface area contributed by atoms with Crippen molar-refractivity contribution in [1.29, 1.82) is 0 Å². The first-order valence-corrected chi connectivity index (χ1v) is 8.20. The van der Waals surface area contributed by atoms with Crippen LogP contribution in [0.5, 0.6) is 11.5 Å². The van der Waals surface area contributed by atoms with Gasteiger partial charge in [0.05, 0.1) is 0 Å². The summed E-state index contributed by atoms with van der Waals surface area (Å²) in [6, 6.07) is 13.9. The molecule has 2 aromatic rings. The van der Waals surface area contributed by atoms with E-state index in [0.717, 1.165) is 40.0 Å². The van der Waals surface area contributed by atoms with Gasteiger partial charge < -0.3 is 10.1 Å². The van der Waals surface area contributed by atoms with Gasteiger partial charge in [-0.1, -0.05) is 44.8 Å². The molecular formula is C16H17Br2NO. The van der Waals surface area contributed by atoms with Gasteiger partial charge in [0.25, 0.3) is 0 Å². The number of ether oxygens (including phenoxy) is 1. The van der Waals surface area contributed by atoms with Crippen LogP contribution >= 0.6 is 31.9 Å². The van der Waals surface area contributed by atoms with Crippen molar-refractivity contribution in [2.24, 2.45) is 0 Å². The lowest BCUT2D eigenvalue weighted by atomic mass is 10.2. The monoisotopic (exact) mass is 397 g/mol.